The molecule has 0 atom stereocenters. The number of rotatable bonds is 6. The minimum Gasteiger partial charge on any atom is -0.490 e. The third-order valence-electron chi connectivity index (χ3n) is 2.65. The average molecular weight is 276 g/mol. The molecule has 20 heavy (non-hydrogen) atoms. The van der Waals surface area contributed by atoms with Gasteiger partial charge in [-0.2, -0.15) is 5.10 Å². The highest BCUT2D eigenvalue weighted by molar-refractivity contribution is 5.92. The molecule has 6 nitrogen and oxygen atoms in total. The number of para-hydroxylation sites is 1. The monoisotopic (exact) mass is 276 g/mol. The van der Waals surface area contributed by atoms with E-state index >= 15 is 0 Å². The first-order chi connectivity index (χ1) is 9.61. The lowest BCUT2D eigenvalue weighted by atomic mass is 10.2. The van der Waals surface area contributed by atoms with Gasteiger partial charge in [0.25, 0.3) is 0 Å². The molecule has 0 saturated carbocycles. The van der Waals surface area contributed by atoms with E-state index in [4.69, 9.17) is 9.47 Å². The van der Waals surface area contributed by atoms with Crippen molar-refractivity contribution in [2.75, 3.05) is 6.61 Å². The van der Waals surface area contributed by atoms with Gasteiger partial charge >= 0.3 is 5.97 Å². The number of aromatic carboxylic acids is 1. The number of nitrogens with zero attached hydrogens (tertiary/aromatic N) is 2. The van der Waals surface area contributed by atoms with Crippen LogP contribution in [0.25, 0.3) is 0 Å². The zero-order chi connectivity index (χ0) is 14.5. The number of ether oxygens (including phenoxy) is 2. The summed E-state index contributed by atoms with van der Waals surface area (Å²) in [4.78, 5) is 11.2. The molecule has 0 aliphatic carbocycles. The summed E-state index contributed by atoms with van der Waals surface area (Å²) in [5, 5.41) is 13.2. The van der Waals surface area contributed by atoms with Crippen LogP contribution < -0.4 is 9.47 Å². The summed E-state index contributed by atoms with van der Waals surface area (Å²) in [6.07, 6.45) is 3.48. The Labute approximate surface area is 116 Å². The summed E-state index contributed by atoms with van der Waals surface area (Å²) in [5.74, 6) is -0.380. The molecular weight excluding hydrogens is 260 g/mol. The van der Waals surface area contributed by atoms with Crippen molar-refractivity contribution in [3.63, 3.8) is 0 Å². The normalized spacial score (nSPS) is 10.3. The van der Waals surface area contributed by atoms with Gasteiger partial charge < -0.3 is 14.6 Å². The lowest BCUT2D eigenvalue weighted by Gasteiger charge is -2.13. The van der Waals surface area contributed by atoms with E-state index in [9.17, 15) is 9.90 Å². The maximum absolute atomic E-state index is 11.2. The minimum atomic E-state index is -1.05. The molecule has 1 aromatic carbocycles. The van der Waals surface area contributed by atoms with Crippen LogP contribution in [0.1, 0.15) is 22.8 Å². The van der Waals surface area contributed by atoms with Crippen molar-refractivity contribution >= 4 is 5.97 Å². The Hall–Kier alpha value is -2.50. The molecule has 0 radical (unpaired) electrons. The van der Waals surface area contributed by atoms with Gasteiger partial charge in [-0.05, 0) is 19.1 Å². The Kier molecular flexibility index (Phi) is 4.24. The van der Waals surface area contributed by atoms with Crippen LogP contribution in [0.3, 0.4) is 0 Å². The number of benzene rings is 1. The Morgan fingerprint density at radius 3 is 2.80 bits per heavy atom. The Balaban J connectivity index is 2.25. The summed E-state index contributed by atoms with van der Waals surface area (Å²) < 4.78 is 12.7. The number of aromatic nitrogens is 2. The number of carboxylic acids is 1. The molecular formula is C14H16N2O4. The van der Waals surface area contributed by atoms with Crippen LogP contribution in [0.2, 0.25) is 0 Å². The molecule has 0 aliphatic heterocycles. The molecule has 1 N–H and O–H groups in total. The average Bonchev–Trinajstić information content (AvgIpc) is 2.83. The summed E-state index contributed by atoms with van der Waals surface area (Å²) in [6, 6.07) is 4.81. The highest BCUT2D eigenvalue weighted by Gasteiger charge is 2.16. The van der Waals surface area contributed by atoms with E-state index in [1.54, 1.807) is 30.1 Å². The largest absolute Gasteiger partial charge is 0.490 e. The predicted molar refractivity (Wildman–Crippen MR) is 72.1 cm³/mol. The van der Waals surface area contributed by atoms with E-state index in [1.807, 2.05) is 13.1 Å². The van der Waals surface area contributed by atoms with E-state index in [0.29, 0.717) is 12.4 Å². The Morgan fingerprint density at radius 1 is 1.40 bits per heavy atom. The van der Waals surface area contributed by atoms with Gasteiger partial charge in [-0.3, -0.25) is 4.68 Å². The molecule has 0 unspecified atom stereocenters. The molecule has 106 valence electrons. The second-order valence-electron chi connectivity index (χ2n) is 4.18. The van der Waals surface area contributed by atoms with Gasteiger partial charge in [-0.15, -0.1) is 0 Å². The lowest BCUT2D eigenvalue weighted by Crippen LogP contribution is -2.06. The van der Waals surface area contributed by atoms with Crippen molar-refractivity contribution in [2.45, 2.75) is 13.5 Å². The number of carboxylic acid groups (broad SMARTS) is 1. The zero-order valence-electron chi connectivity index (χ0n) is 11.4. The van der Waals surface area contributed by atoms with Crippen molar-refractivity contribution < 1.29 is 19.4 Å². The molecule has 2 aromatic rings. The van der Waals surface area contributed by atoms with Gasteiger partial charge in [0.15, 0.2) is 11.5 Å². The van der Waals surface area contributed by atoms with Crippen molar-refractivity contribution in [3.8, 4) is 11.5 Å². The van der Waals surface area contributed by atoms with Gasteiger partial charge in [-0.1, -0.05) is 6.07 Å². The first-order valence-electron chi connectivity index (χ1n) is 6.21. The molecule has 6 heteroatoms. The maximum Gasteiger partial charge on any atom is 0.339 e. The zero-order valence-corrected chi connectivity index (χ0v) is 11.4. The van der Waals surface area contributed by atoms with Crippen LogP contribution in [0.4, 0.5) is 0 Å². The highest BCUT2D eigenvalue weighted by Crippen LogP contribution is 2.32. The molecule has 0 spiro atoms. The van der Waals surface area contributed by atoms with Crippen molar-refractivity contribution in [3.05, 3.63) is 41.7 Å². The molecule has 0 bridgehead atoms. The van der Waals surface area contributed by atoms with Crippen LogP contribution in [-0.4, -0.2) is 27.5 Å². The van der Waals surface area contributed by atoms with Gasteiger partial charge in [-0.25, -0.2) is 4.79 Å². The van der Waals surface area contributed by atoms with Gasteiger partial charge in [0, 0.05) is 18.8 Å². The standard InChI is InChI=1S/C14H16N2O4/c1-3-19-12-6-4-5-11(14(17)18)13(12)20-9-10-7-15-16(2)8-10/h4-8H,3,9H2,1-2H3,(H,17,18). The number of hydrogen-bond acceptors (Lipinski definition) is 4. The smallest absolute Gasteiger partial charge is 0.339 e. The van der Waals surface area contributed by atoms with E-state index < -0.39 is 5.97 Å². The summed E-state index contributed by atoms with van der Waals surface area (Å²) in [7, 11) is 1.81. The third kappa shape index (κ3) is 3.09. The van der Waals surface area contributed by atoms with Crippen LogP contribution in [-0.2, 0) is 13.7 Å². The number of carbonyl (C=O) groups is 1. The topological polar surface area (TPSA) is 73.6 Å². The lowest BCUT2D eigenvalue weighted by molar-refractivity contribution is 0.0690. The molecule has 0 saturated heterocycles. The fraction of sp³-hybridized carbons (Fsp3) is 0.286. The first-order valence-corrected chi connectivity index (χ1v) is 6.21. The SMILES string of the molecule is CCOc1cccc(C(=O)O)c1OCc1cnn(C)c1. The molecule has 2 rings (SSSR count). The molecule has 0 fully saturated rings. The van der Waals surface area contributed by atoms with Crippen LogP contribution in [0.5, 0.6) is 11.5 Å². The minimum absolute atomic E-state index is 0.0832. The van der Waals surface area contributed by atoms with E-state index in [2.05, 4.69) is 5.10 Å². The van der Waals surface area contributed by atoms with Gasteiger partial charge in [0.2, 0.25) is 0 Å². The van der Waals surface area contributed by atoms with Crippen LogP contribution >= 0.6 is 0 Å². The Bertz CT molecular complexity index is 607. The first kappa shape index (κ1) is 13.9. The third-order valence-corrected chi connectivity index (χ3v) is 2.65. The number of hydrogen-bond donors (Lipinski definition) is 1. The molecule has 0 aliphatic rings. The summed E-state index contributed by atoms with van der Waals surface area (Å²) in [6.45, 7) is 2.50. The van der Waals surface area contributed by atoms with Gasteiger partial charge in [0.1, 0.15) is 12.2 Å². The second-order valence-corrected chi connectivity index (χ2v) is 4.18. The molecule has 1 heterocycles. The molecule has 1 aromatic heterocycles. The van der Waals surface area contributed by atoms with E-state index in [0.717, 1.165) is 5.56 Å². The van der Waals surface area contributed by atoms with Crippen molar-refractivity contribution in [2.24, 2.45) is 7.05 Å². The van der Waals surface area contributed by atoms with Crippen LogP contribution in [0.15, 0.2) is 30.6 Å². The van der Waals surface area contributed by atoms with Crippen molar-refractivity contribution in [1.29, 1.82) is 0 Å². The summed E-state index contributed by atoms with van der Waals surface area (Å²) in [5.41, 5.74) is 0.940. The fourth-order valence-electron chi connectivity index (χ4n) is 1.80. The van der Waals surface area contributed by atoms with E-state index in [1.165, 1.54) is 6.07 Å². The highest BCUT2D eigenvalue weighted by atomic mass is 16.5. The summed E-state index contributed by atoms with van der Waals surface area (Å²) >= 11 is 0. The number of aryl methyl sites for hydroxylation is 1. The Morgan fingerprint density at radius 2 is 2.20 bits per heavy atom. The predicted octanol–water partition coefficient (Wildman–Crippen LogP) is 2.10. The van der Waals surface area contributed by atoms with E-state index in [-0.39, 0.29) is 17.9 Å². The van der Waals surface area contributed by atoms with Crippen molar-refractivity contribution in [1.82, 2.24) is 9.78 Å². The van der Waals surface area contributed by atoms with Gasteiger partial charge in [0.05, 0.1) is 12.8 Å². The second kappa shape index (κ2) is 6.10. The maximum atomic E-state index is 11.2. The molecule has 0 amide bonds. The van der Waals surface area contributed by atoms with Crippen LogP contribution in [0, 0.1) is 0 Å². The fourth-order valence-corrected chi connectivity index (χ4v) is 1.80. The quantitative estimate of drug-likeness (QED) is 0.874.